The van der Waals surface area contributed by atoms with E-state index in [2.05, 4.69) is 159 Å². The smallest absolute Gasteiger partial charge is 0.122 e. The number of phenolic OH excluding ortho intramolecular Hbond substituents is 4. The summed E-state index contributed by atoms with van der Waals surface area (Å²) in [5.74, 6) is 1.44. The Hall–Kier alpha value is -3.92. The summed E-state index contributed by atoms with van der Waals surface area (Å²) in [7, 11) is 0. The Labute approximate surface area is 328 Å². The molecule has 0 heterocycles. The Kier molecular flexibility index (Phi) is 13.9. The van der Waals surface area contributed by atoms with E-state index < -0.39 is 0 Å². The first kappa shape index (κ1) is 44.5. The summed E-state index contributed by atoms with van der Waals surface area (Å²) in [6.07, 6.45) is 4.75. The van der Waals surface area contributed by atoms with E-state index in [-0.39, 0.29) is 21.7 Å². The van der Waals surface area contributed by atoms with E-state index >= 15 is 0 Å². The summed E-state index contributed by atoms with van der Waals surface area (Å²) in [5, 5.41) is 43.9. The molecule has 4 aromatic carbocycles. The van der Waals surface area contributed by atoms with Crippen LogP contribution in [0.15, 0.2) is 48.5 Å². The molecule has 54 heavy (non-hydrogen) atoms. The van der Waals surface area contributed by atoms with Crippen LogP contribution in [0, 0.1) is 0 Å². The standard InChI is InChI=1S/2C25H36O2/c2*1-9-16-11-18(22(26)20(13-16)24(3,4)5)15-19-12-17(10-2)14-21(23(19)27)25(6,7)8/h2*11-14,26-27H,9-10,15H2,1-8H3. The van der Waals surface area contributed by atoms with Gasteiger partial charge in [0.15, 0.2) is 0 Å². The highest BCUT2D eigenvalue weighted by molar-refractivity contribution is 5.55. The zero-order chi connectivity index (χ0) is 41.1. The second kappa shape index (κ2) is 16.8. The number of phenols is 4. The van der Waals surface area contributed by atoms with Crippen LogP contribution in [0.3, 0.4) is 0 Å². The van der Waals surface area contributed by atoms with Crippen molar-refractivity contribution >= 4 is 0 Å². The monoisotopic (exact) mass is 737 g/mol. The summed E-state index contributed by atoms with van der Waals surface area (Å²) in [5.41, 5.74) is 11.8. The lowest BCUT2D eigenvalue weighted by Crippen LogP contribution is -2.14. The minimum atomic E-state index is -0.131. The average molecular weight is 737 g/mol. The summed E-state index contributed by atoms with van der Waals surface area (Å²) >= 11 is 0. The maximum Gasteiger partial charge on any atom is 0.122 e. The number of aromatic hydroxyl groups is 4. The fourth-order valence-corrected chi connectivity index (χ4v) is 7.09. The minimum Gasteiger partial charge on any atom is -0.507 e. The van der Waals surface area contributed by atoms with Crippen molar-refractivity contribution in [2.75, 3.05) is 0 Å². The topological polar surface area (TPSA) is 80.9 Å². The second-order valence-electron chi connectivity index (χ2n) is 19.4. The van der Waals surface area contributed by atoms with Crippen molar-refractivity contribution in [2.45, 2.75) is 171 Å². The van der Waals surface area contributed by atoms with Crippen molar-refractivity contribution in [1.29, 1.82) is 0 Å². The summed E-state index contributed by atoms with van der Waals surface area (Å²) in [6, 6.07) is 16.8. The van der Waals surface area contributed by atoms with Crippen LogP contribution >= 0.6 is 0 Å². The number of benzene rings is 4. The zero-order valence-corrected chi connectivity index (χ0v) is 36.7. The van der Waals surface area contributed by atoms with Gasteiger partial charge in [0.1, 0.15) is 23.0 Å². The SMILES string of the molecule is CCc1cc(Cc2cc(CC)cc(C(C)(C)C)c2O)c(O)c(C(C)(C)C)c1.CCc1cc(Cc2cc(CC)cc(C(C)(C)C)c2O)c(O)c(C(C)(C)C)c1. The fraction of sp³-hybridized carbons (Fsp3) is 0.520. The van der Waals surface area contributed by atoms with E-state index in [4.69, 9.17) is 0 Å². The van der Waals surface area contributed by atoms with Crippen molar-refractivity contribution in [3.63, 3.8) is 0 Å². The molecular weight excluding hydrogens is 665 g/mol. The molecule has 0 atom stereocenters. The van der Waals surface area contributed by atoms with Gasteiger partial charge in [-0.3, -0.25) is 0 Å². The van der Waals surface area contributed by atoms with Gasteiger partial charge in [0.05, 0.1) is 0 Å². The molecule has 0 saturated heterocycles. The molecule has 0 aliphatic heterocycles. The van der Waals surface area contributed by atoms with Crippen molar-refractivity contribution < 1.29 is 20.4 Å². The van der Waals surface area contributed by atoms with E-state index in [1.807, 2.05) is 0 Å². The molecule has 0 bridgehead atoms. The van der Waals surface area contributed by atoms with Crippen LogP contribution in [0.4, 0.5) is 0 Å². The molecule has 0 aliphatic rings. The van der Waals surface area contributed by atoms with Crippen LogP contribution in [-0.2, 0) is 60.2 Å². The van der Waals surface area contributed by atoms with Gasteiger partial charge in [-0.15, -0.1) is 0 Å². The molecule has 4 heteroatoms. The summed E-state index contributed by atoms with van der Waals surface area (Å²) in [6.45, 7) is 34.0. The third-order valence-electron chi connectivity index (χ3n) is 10.6. The Morgan fingerprint density at radius 1 is 0.315 bits per heavy atom. The lowest BCUT2D eigenvalue weighted by molar-refractivity contribution is 0.434. The number of aryl methyl sites for hydroxylation is 4. The van der Waals surface area contributed by atoms with Crippen LogP contribution in [0.1, 0.15) is 178 Å². The number of hydrogen-bond acceptors (Lipinski definition) is 4. The number of rotatable bonds is 8. The van der Waals surface area contributed by atoms with E-state index in [9.17, 15) is 20.4 Å². The quantitative estimate of drug-likeness (QED) is 0.145. The van der Waals surface area contributed by atoms with Crippen LogP contribution in [0.25, 0.3) is 0 Å². The average Bonchev–Trinajstić information content (AvgIpc) is 3.06. The van der Waals surface area contributed by atoms with Gasteiger partial charge in [-0.1, -0.05) is 159 Å². The number of hydrogen-bond donors (Lipinski definition) is 4. The van der Waals surface area contributed by atoms with E-state index in [0.717, 1.165) is 70.2 Å². The highest BCUT2D eigenvalue weighted by Crippen LogP contribution is 2.41. The van der Waals surface area contributed by atoms with Crippen LogP contribution in [0.5, 0.6) is 23.0 Å². The second-order valence-corrected chi connectivity index (χ2v) is 19.4. The molecule has 0 aromatic heterocycles. The first-order valence-corrected chi connectivity index (χ1v) is 20.2. The van der Waals surface area contributed by atoms with Crippen LogP contribution in [0.2, 0.25) is 0 Å². The van der Waals surface area contributed by atoms with Crippen molar-refractivity contribution in [3.8, 4) is 23.0 Å². The zero-order valence-electron chi connectivity index (χ0n) is 36.7. The molecule has 0 unspecified atom stereocenters. The maximum atomic E-state index is 11.0. The van der Waals surface area contributed by atoms with Crippen molar-refractivity contribution in [2.24, 2.45) is 0 Å². The molecule has 0 radical (unpaired) electrons. The molecular formula is C50H72O4. The van der Waals surface area contributed by atoms with Gasteiger partial charge < -0.3 is 20.4 Å². The van der Waals surface area contributed by atoms with Gasteiger partial charge in [0.2, 0.25) is 0 Å². The van der Waals surface area contributed by atoms with Gasteiger partial charge in [-0.25, -0.2) is 0 Å². The fourth-order valence-electron chi connectivity index (χ4n) is 7.09. The van der Waals surface area contributed by atoms with Gasteiger partial charge in [-0.05, 0) is 114 Å². The van der Waals surface area contributed by atoms with Crippen molar-refractivity contribution in [3.05, 3.63) is 115 Å². The Morgan fingerprint density at radius 2 is 0.481 bits per heavy atom. The van der Waals surface area contributed by atoms with Crippen LogP contribution in [-0.4, -0.2) is 20.4 Å². The molecule has 0 aliphatic carbocycles. The molecule has 296 valence electrons. The third kappa shape index (κ3) is 10.6. The molecule has 4 aromatic rings. The first-order valence-electron chi connectivity index (χ1n) is 20.2. The molecule has 0 fully saturated rings. The van der Waals surface area contributed by atoms with Crippen LogP contribution < -0.4 is 0 Å². The van der Waals surface area contributed by atoms with E-state index in [1.54, 1.807) is 0 Å². The lowest BCUT2D eigenvalue weighted by Gasteiger charge is -2.25. The molecule has 0 saturated carbocycles. The Bertz CT molecular complexity index is 1640. The maximum absolute atomic E-state index is 11.0. The predicted octanol–water partition coefficient (Wildman–Crippen LogP) is 12.8. The van der Waals surface area contributed by atoms with Gasteiger partial charge in [0, 0.05) is 12.8 Å². The minimum absolute atomic E-state index is 0.131. The highest BCUT2D eigenvalue weighted by atomic mass is 16.3. The van der Waals surface area contributed by atoms with E-state index in [1.165, 1.54) is 22.3 Å². The predicted molar refractivity (Wildman–Crippen MR) is 230 cm³/mol. The normalized spacial score (nSPS) is 12.4. The van der Waals surface area contributed by atoms with Crippen molar-refractivity contribution in [1.82, 2.24) is 0 Å². The third-order valence-corrected chi connectivity index (χ3v) is 10.6. The molecule has 0 amide bonds. The van der Waals surface area contributed by atoms with E-state index in [0.29, 0.717) is 35.8 Å². The van der Waals surface area contributed by atoms with Gasteiger partial charge >= 0.3 is 0 Å². The van der Waals surface area contributed by atoms with Gasteiger partial charge in [0.25, 0.3) is 0 Å². The lowest BCUT2D eigenvalue weighted by atomic mass is 9.81. The first-order chi connectivity index (χ1) is 24.8. The van der Waals surface area contributed by atoms with Gasteiger partial charge in [-0.2, -0.15) is 0 Å². The highest BCUT2D eigenvalue weighted by Gasteiger charge is 2.26. The summed E-state index contributed by atoms with van der Waals surface area (Å²) in [4.78, 5) is 0. The molecule has 4 nitrogen and oxygen atoms in total. The molecule has 4 N–H and O–H groups in total. The largest absolute Gasteiger partial charge is 0.507 e. The Morgan fingerprint density at radius 3 is 0.611 bits per heavy atom. The molecule has 0 spiro atoms. The molecule has 4 rings (SSSR count). The summed E-state index contributed by atoms with van der Waals surface area (Å²) < 4.78 is 0. The Balaban J connectivity index is 0.000000290.